The van der Waals surface area contributed by atoms with Gasteiger partial charge in [-0.15, -0.1) is 0 Å². The van der Waals surface area contributed by atoms with Crippen LogP contribution in [0.25, 0.3) is 11.3 Å². The molecule has 0 aliphatic heterocycles. The predicted molar refractivity (Wildman–Crippen MR) is 64.3 cm³/mol. The monoisotopic (exact) mass is 277 g/mol. The van der Waals surface area contributed by atoms with E-state index in [0.717, 1.165) is 10.0 Å². The lowest BCUT2D eigenvalue weighted by molar-refractivity contribution is 0.0690. The van der Waals surface area contributed by atoms with Gasteiger partial charge < -0.3 is 5.11 Å². The summed E-state index contributed by atoms with van der Waals surface area (Å²) < 4.78 is 0.938. The van der Waals surface area contributed by atoms with Crippen LogP contribution in [0.15, 0.2) is 46.9 Å². The van der Waals surface area contributed by atoms with Crippen molar-refractivity contribution < 1.29 is 9.90 Å². The minimum Gasteiger partial charge on any atom is -0.477 e. The lowest BCUT2D eigenvalue weighted by atomic mass is 10.1. The first kappa shape index (κ1) is 10.8. The summed E-state index contributed by atoms with van der Waals surface area (Å²) in [5.41, 5.74) is 1.59. The molecule has 16 heavy (non-hydrogen) atoms. The molecule has 0 spiro atoms. The van der Waals surface area contributed by atoms with Crippen molar-refractivity contribution in [2.75, 3.05) is 0 Å². The molecule has 80 valence electrons. The van der Waals surface area contributed by atoms with E-state index in [-0.39, 0.29) is 5.69 Å². The smallest absolute Gasteiger partial charge is 0.354 e. The Morgan fingerprint density at radius 2 is 1.94 bits per heavy atom. The van der Waals surface area contributed by atoms with Crippen molar-refractivity contribution in [3.05, 3.63) is 52.6 Å². The van der Waals surface area contributed by atoms with Crippen molar-refractivity contribution in [1.29, 1.82) is 0 Å². The summed E-state index contributed by atoms with van der Waals surface area (Å²) in [5, 5.41) is 8.84. The fourth-order valence-corrected chi connectivity index (χ4v) is 1.76. The topological polar surface area (TPSA) is 50.2 Å². The zero-order valence-corrected chi connectivity index (χ0v) is 9.81. The lowest BCUT2D eigenvalue weighted by Crippen LogP contribution is -2.00. The highest BCUT2D eigenvalue weighted by atomic mass is 79.9. The maximum Gasteiger partial charge on any atom is 0.354 e. The van der Waals surface area contributed by atoms with Gasteiger partial charge in [-0.05, 0) is 24.3 Å². The minimum atomic E-state index is -1.02. The van der Waals surface area contributed by atoms with Crippen molar-refractivity contribution in [3.8, 4) is 11.3 Å². The van der Waals surface area contributed by atoms with E-state index in [9.17, 15) is 4.79 Å². The molecule has 0 aliphatic rings. The van der Waals surface area contributed by atoms with Crippen molar-refractivity contribution in [1.82, 2.24) is 4.98 Å². The van der Waals surface area contributed by atoms with Crippen LogP contribution in [0.4, 0.5) is 0 Å². The number of carbonyl (C=O) groups is 1. The molecular weight excluding hydrogens is 270 g/mol. The molecule has 2 aromatic rings. The molecule has 1 heterocycles. The van der Waals surface area contributed by atoms with Gasteiger partial charge in [0.05, 0.1) is 5.69 Å². The molecule has 0 radical (unpaired) electrons. The number of aromatic carboxylic acids is 1. The van der Waals surface area contributed by atoms with E-state index in [1.165, 1.54) is 6.07 Å². The normalized spacial score (nSPS) is 10.1. The summed E-state index contributed by atoms with van der Waals surface area (Å²) >= 11 is 3.36. The van der Waals surface area contributed by atoms with Gasteiger partial charge in [-0.25, -0.2) is 9.78 Å². The van der Waals surface area contributed by atoms with E-state index in [0.29, 0.717) is 5.69 Å². The molecule has 4 heteroatoms. The number of carboxylic acid groups (broad SMARTS) is 1. The fourth-order valence-electron chi connectivity index (χ4n) is 1.36. The maximum absolute atomic E-state index is 10.8. The van der Waals surface area contributed by atoms with Crippen LogP contribution in [0.2, 0.25) is 0 Å². The second kappa shape index (κ2) is 4.45. The Balaban J connectivity index is 2.48. The number of aromatic nitrogens is 1. The first-order valence-electron chi connectivity index (χ1n) is 4.63. The van der Waals surface area contributed by atoms with E-state index >= 15 is 0 Å². The van der Waals surface area contributed by atoms with Crippen LogP contribution in [-0.4, -0.2) is 16.1 Å². The number of nitrogens with zero attached hydrogens (tertiary/aromatic N) is 1. The number of hydrogen-bond acceptors (Lipinski definition) is 2. The van der Waals surface area contributed by atoms with Crippen LogP contribution >= 0.6 is 15.9 Å². The molecule has 0 aliphatic carbocycles. The Kier molecular flexibility index (Phi) is 3.01. The highest BCUT2D eigenvalue weighted by molar-refractivity contribution is 9.10. The van der Waals surface area contributed by atoms with Crippen molar-refractivity contribution in [2.45, 2.75) is 0 Å². The van der Waals surface area contributed by atoms with E-state index in [1.54, 1.807) is 12.1 Å². The Hall–Kier alpha value is -1.68. The highest BCUT2D eigenvalue weighted by Gasteiger charge is 2.06. The molecule has 1 N–H and O–H groups in total. The third kappa shape index (κ3) is 2.28. The Morgan fingerprint density at radius 1 is 1.19 bits per heavy atom. The first-order chi connectivity index (χ1) is 7.66. The molecule has 0 unspecified atom stereocenters. The van der Waals surface area contributed by atoms with Gasteiger partial charge in [-0.3, -0.25) is 0 Å². The second-order valence-corrected chi connectivity index (χ2v) is 4.14. The van der Waals surface area contributed by atoms with Gasteiger partial charge in [0, 0.05) is 10.0 Å². The van der Waals surface area contributed by atoms with Gasteiger partial charge in [0.2, 0.25) is 0 Å². The molecule has 3 nitrogen and oxygen atoms in total. The fraction of sp³-hybridized carbons (Fsp3) is 0. The molecule has 2 rings (SSSR count). The van der Waals surface area contributed by atoms with E-state index in [1.807, 2.05) is 24.3 Å². The summed E-state index contributed by atoms with van der Waals surface area (Å²) in [7, 11) is 0. The lowest BCUT2D eigenvalue weighted by Gasteiger charge is -2.02. The molecule has 0 fully saturated rings. The summed E-state index contributed by atoms with van der Waals surface area (Å²) in [6.45, 7) is 0. The standard InChI is InChI=1S/C12H8BrNO2/c13-9-4-1-3-8(7-9)10-5-2-6-11(14-10)12(15)16/h1-7H,(H,15,16). The summed E-state index contributed by atoms with van der Waals surface area (Å²) in [6.07, 6.45) is 0. The molecule has 1 aromatic heterocycles. The molecule has 0 saturated carbocycles. The third-order valence-corrected chi connectivity index (χ3v) is 2.58. The highest BCUT2D eigenvalue weighted by Crippen LogP contribution is 2.21. The van der Waals surface area contributed by atoms with E-state index in [4.69, 9.17) is 5.11 Å². The quantitative estimate of drug-likeness (QED) is 0.917. The number of benzene rings is 1. The molecule has 0 atom stereocenters. The summed E-state index contributed by atoms with van der Waals surface area (Å²) in [6, 6.07) is 12.5. The van der Waals surface area contributed by atoms with Crippen LogP contribution in [0, 0.1) is 0 Å². The van der Waals surface area contributed by atoms with Gasteiger partial charge in [-0.1, -0.05) is 34.1 Å². The Morgan fingerprint density at radius 3 is 2.62 bits per heavy atom. The molecule has 0 saturated heterocycles. The van der Waals surface area contributed by atoms with Crippen molar-refractivity contribution in [2.24, 2.45) is 0 Å². The number of halogens is 1. The largest absolute Gasteiger partial charge is 0.477 e. The van der Waals surface area contributed by atoms with E-state index < -0.39 is 5.97 Å². The average Bonchev–Trinajstić information content (AvgIpc) is 2.29. The second-order valence-electron chi connectivity index (χ2n) is 3.22. The van der Waals surface area contributed by atoms with Crippen LogP contribution in [0.3, 0.4) is 0 Å². The zero-order chi connectivity index (χ0) is 11.5. The van der Waals surface area contributed by atoms with Gasteiger partial charge >= 0.3 is 5.97 Å². The Bertz CT molecular complexity index is 540. The first-order valence-corrected chi connectivity index (χ1v) is 5.42. The third-order valence-electron chi connectivity index (χ3n) is 2.09. The summed E-state index contributed by atoms with van der Waals surface area (Å²) in [4.78, 5) is 14.8. The van der Waals surface area contributed by atoms with Gasteiger partial charge in [0.15, 0.2) is 0 Å². The van der Waals surface area contributed by atoms with E-state index in [2.05, 4.69) is 20.9 Å². The van der Waals surface area contributed by atoms with Crippen LogP contribution in [-0.2, 0) is 0 Å². The zero-order valence-electron chi connectivity index (χ0n) is 8.22. The summed E-state index contributed by atoms with van der Waals surface area (Å²) in [5.74, 6) is -1.02. The van der Waals surface area contributed by atoms with Crippen molar-refractivity contribution in [3.63, 3.8) is 0 Å². The molecule has 0 amide bonds. The van der Waals surface area contributed by atoms with Crippen LogP contribution in [0.5, 0.6) is 0 Å². The minimum absolute atomic E-state index is 0.0532. The van der Waals surface area contributed by atoms with Gasteiger partial charge in [0.1, 0.15) is 5.69 Å². The maximum atomic E-state index is 10.8. The number of hydrogen-bond donors (Lipinski definition) is 1. The SMILES string of the molecule is O=C(O)c1cccc(-c2cccc(Br)c2)n1. The number of pyridine rings is 1. The average molecular weight is 278 g/mol. The van der Waals surface area contributed by atoms with Crippen LogP contribution in [0.1, 0.15) is 10.5 Å². The van der Waals surface area contributed by atoms with Gasteiger partial charge in [-0.2, -0.15) is 0 Å². The molecule has 0 bridgehead atoms. The predicted octanol–water partition coefficient (Wildman–Crippen LogP) is 3.21. The number of carboxylic acids is 1. The van der Waals surface area contributed by atoms with Crippen molar-refractivity contribution >= 4 is 21.9 Å². The Labute approximate surface area is 101 Å². The number of rotatable bonds is 2. The molecular formula is C12H8BrNO2. The van der Waals surface area contributed by atoms with Crippen LogP contribution < -0.4 is 0 Å². The van der Waals surface area contributed by atoms with Gasteiger partial charge in [0.25, 0.3) is 0 Å². The molecule has 1 aromatic carbocycles.